The van der Waals surface area contributed by atoms with Crippen LogP contribution < -0.4 is 5.73 Å². The lowest BCUT2D eigenvalue weighted by Gasteiger charge is -2.24. The van der Waals surface area contributed by atoms with Crippen molar-refractivity contribution in [3.05, 3.63) is 12.4 Å². The Morgan fingerprint density at radius 1 is 1.40 bits per heavy atom. The number of nitrogens with zero attached hydrogens (tertiary/aromatic N) is 4. The number of fused-ring (bicyclic) bond motifs is 1. The Kier molecular flexibility index (Phi) is 5.19. The Hall–Kier alpha value is -2.20. The number of ether oxygens (including phenoxy) is 1. The summed E-state index contributed by atoms with van der Waals surface area (Å²) in [5.41, 5.74) is 5.87. The van der Waals surface area contributed by atoms with Gasteiger partial charge in [0.05, 0.1) is 6.33 Å². The number of imidazole rings is 1. The minimum atomic E-state index is -0.871. The summed E-state index contributed by atoms with van der Waals surface area (Å²) in [5.74, 6) is 2.87. The molecule has 2 unspecified atom stereocenters. The van der Waals surface area contributed by atoms with E-state index in [1.807, 2.05) is 0 Å². The summed E-state index contributed by atoms with van der Waals surface area (Å²) in [5, 5.41) is 0. The van der Waals surface area contributed by atoms with Crippen molar-refractivity contribution in [2.45, 2.75) is 70.1 Å². The molecule has 2 N–H and O–H groups in total. The van der Waals surface area contributed by atoms with Crippen LogP contribution in [0.2, 0.25) is 0 Å². The number of hydrogen-bond acceptors (Lipinski definition) is 5. The van der Waals surface area contributed by atoms with Gasteiger partial charge in [0.25, 0.3) is 0 Å². The van der Waals surface area contributed by atoms with Crippen molar-refractivity contribution < 1.29 is 9.13 Å². The van der Waals surface area contributed by atoms with Crippen molar-refractivity contribution in [3.63, 3.8) is 0 Å². The summed E-state index contributed by atoms with van der Waals surface area (Å²) in [6, 6.07) is 0. The van der Waals surface area contributed by atoms with Gasteiger partial charge < -0.3 is 10.5 Å². The fraction of sp³-hybridized carbons (Fsp3) is 0.611. The zero-order valence-electron chi connectivity index (χ0n) is 14.5. The van der Waals surface area contributed by atoms with Gasteiger partial charge in [-0.2, -0.15) is 14.4 Å². The van der Waals surface area contributed by atoms with Crippen LogP contribution in [0.25, 0.3) is 11.2 Å². The van der Waals surface area contributed by atoms with Crippen molar-refractivity contribution in [1.29, 1.82) is 0 Å². The molecule has 3 heterocycles. The number of nitrogen functional groups attached to an aromatic ring is 1. The normalized spacial score (nSPS) is 23.2. The molecule has 0 spiro atoms. The quantitative estimate of drug-likeness (QED) is 0.471. The van der Waals surface area contributed by atoms with Crippen LogP contribution in [0.1, 0.15) is 64.5 Å². The summed E-state index contributed by atoms with van der Waals surface area (Å²) >= 11 is 0. The number of unbranched alkanes of at least 4 members (excludes halogenated alkanes) is 4. The lowest BCUT2D eigenvalue weighted by molar-refractivity contribution is -0.0409. The topological polar surface area (TPSA) is 78.9 Å². The number of aromatic nitrogens is 4. The lowest BCUT2D eigenvalue weighted by atomic mass is 9.93. The van der Waals surface area contributed by atoms with Gasteiger partial charge in [-0.3, -0.25) is 4.57 Å². The van der Waals surface area contributed by atoms with Gasteiger partial charge in [0.2, 0.25) is 0 Å². The predicted molar refractivity (Wildman–Crippen MR) is 94.0 cm³/mol. The van der Waals surface area contributed by atoms with E-state index in [4.69, 9.17) is 16.9 Å². The Morgan fingerprint density at radius 3 is 2.96 bits per heavy atom. The Labute approximate surface area is 147 Å². The maximum atomic E-state index is 13.5. The monoisotopic (exact) mass is 345 g/mol. The molecule has 0 amide bonds. The molecule has 25 heavy (non-hydrogen) atoms. The van der Waals surface area contributed by atoms with Gasteiger partial charge >= 0.3 is 6.08 Å². The molecule has 1 aliphatic heterocycles. The highest BCUT2D eigenvalue weighted by Gasteiger charge is 2.39. The number of anilines is 1. The molecule has 3 rings (SSSR count). The van der Waals surface area contributed by atoms with Crippen LogP contribution in [0.3, 0.4) is 0 Å². The number of rotatable bonds is 7. The number of hydrogen-bond donors (Lipinski definition) is 1. The highest BCUT2D eigenvalue weighted by atomic mass is 19.1. The summed E-state index contributed by atoms with van der Waals surface area (Å²) in [4.78, 5) is 11.5. The third-order valence-electron chi connectivity index (χ3n) is 4.84. The maximum absolute atomic E-state index is 13.5. The second-order valence-corrected chi connectivity index (χ2v) is 6.62. The van der Waals surface area contributed by atoms with Crippen LogP contribution in [0.5, 0.6) is 0 Å². The van der Waals surface area contributed by atoms with E-state index < -0.39 is 11.7 Å². The van der Waals surface area contributed by atoms with Gasteiger partial charge in [0.1, 0.15) is 11.8 Å². The first-order valence-electron chi connectivity index (χ1n) is 8.89. The van der Waals surface area contributed by atoms with E-state index in [-0.39, 0.29) is 12.0 Å². The fourth-order valence-electron chi connectivity index (χ4n) is 3.43. The minimum Gasteiger partial charge on any atom is -0.382 e. The SMILES string of the molecule is C#CC1(CCCCCCC)CCC(n2cnc3c(N)nc(F)nc32)O1. The predicted octanol–water partition coefficient (Wildman–Crippen LogP) is 3.59. The molecular weight excluding hydrogens is 321 g/mol. The van der Waals surface area contributed by atoms with Crippen molar-refractivity contribution in [1.82, 2.24) is 19.5 Å². The van der Waals surface area contributed by atoms with E-state index >= 15 is 0 Å². The molecule has 1 fully saturated rings. The molecule has 1 aliphatic rings. The van der Waals surface area contributed by atoms with Gasteiger partial charge in [-0.05, 0) is 25.7 Å². The molecular formula is C18H24FN5O. The average Bonchev–Trinajstić information content (AvgIpc) is 3.19. The van der Waals surface area contributed by atoms with Crippen molar-refractivity contribution in [3.8, 4) is 12.3 Å². The zero-order valence-corrected chi connectivity index (χ0v) is 14.5. The first-order chi connectivity index (χ1) is 12.1. The Morgan fingerprint density at radius 2 is 2.20 bits per heavy atom. The number of nitrogens with two attached hydrogens (primary N) is 1. The molecule has 134 valence electrons. The highest BCUT2D eigenvalue weighted by Crippen LogP contribution is 2.40. The zero-order chi connectivity index (χ0) is 17.9. The second-order valence-electron chi connectivity index (χ2n) is 6.62. The first-order valence-corrected chi connectivity index (χ1v) is 8.89. The van der Waals surface area contributed by atoms with Crippen molar-refractivity contribution >= 4 is 17.0 Å². The lowest BCUT2D eigenvalue weighted by Crippen LogP contribution is -2.26. The van der Waals surface area contributed by atoms with E-state index in [0.29, 0.717) is 11.2 Å². The third kappa shape index (κ3) is 3.59. The molecule has 2 aromatic heterocycles. The van der Waals surface area contributed by atoms with Crippen LogP contribution in [0.4, 0.5) is 10.2 Å². The fourth-order valence-corrected chi connectivity index (χ4v) is 3.43. The standard InChI is InChI=1S/C18H24FN5O/c1-3-5-6-7-8-10-18(4-2)11-9-13(25-18)24-12-21-14-15(20)22-17(19)23-16(14)24/h2,12-13H,3,5-11H2,1H3,(H2,20,22,23). The van der Waals surface area contributed by atoms with E-state index in [9.17, 15) is 4.39 Å². The highest BCUT2D eigenvalue weighted by molar-refractivity contribution is 5.81. The molecule has 6 nitrogen and oxygen atoms in total. The molecule has 7 heteroatoms. The van der Waals surface area contributed by atoms with Crippen molar-refractivity contribution in [2.24, 2.45) is 0 Å². The minimum absolute atomic E-state index is 0.0263. The van der Waals surface area contributed by atoms with E-state index in [2.05, 4.69) is 27.8 Å². The summed E-state index contributed by atoms with van der Waals surface area (Å²) in [7, 11) is 0. The Balaban J connectivity index is 1.72. The van der Waals surface area contributed by atoms with E-state index in [0.717, 1.165) is 32.1 Å². The molecule has 0 bridgehead atoms. The molecule has 0 saturated carbocycles. The van der Waals surface area contributed by atoms with Gasteiger partial charge in [0, 0.05) is 0 Å². The molecule has 1 saturated heterocycles. The van der Waals surface area contributed by atoms with E-state index in [1.54, 1.807) is 10.9 Å². The van der Waals surface area contributed by atoms with Crippen LogP contribution in [0, 0.1) is 18.4 Å². The summed E-state index contributed by atoms with van der Waals surface area (Å²) < 4.78 is 21.4. The third-order valence-corrected chi connectivity index (χ3v) is 4.84. The molecule has 0 radical (unpaired) electrons. The summed E-state index contributed by atoms with van der Waals surface area (Å²) in [6.07, 6.45) is 14.4. The maximum Gasteiger partial charge on any atom is 0.312 e. The van der Waals surface area contributed by atoms with Gasteiger partial charge in [-0.1, -0.05) is 38.5 Å². The molecule has 0 aliphatic carbocycles. The Bertz CT molecular complexity index is 784. The van der Waals surface area contributed by atoms with Gasteiger partial charge in [-0.15, -0.1) is 6.42 Å². The average molecular weight is 345 g/mol. The van der Waals surface area contributed by atoms with Crippen LogP contribution in [-0.2, 0) is 4.74 Å². The van der Waals surface area contributed by atoms with Crippen LogP contribution in [0.15, 0.2) is 6.33 Å². The summed E-state index contributed by atoms with van der Waals surface area (Å²) in [6.45, 7) is 2.20. The molecule has 0 aromatic carbocycles. The van der Waals surface area contributed by atoms with Crippen molar-refractivity contribution in [2.75, 3.05) is 5.73 Å². The number of halogens is 1. The smallest absolute Gasteiger partial charge is 0.312 e. The largest absolute Gasteiger partial charge is 0.382 e. The van der Waals surface area contributed by atoms with E-state index in [1.165, 1.54) is 19.3 Å². The van der Waals surface area contributed by atoms with Crippen LogP contribution >= 0.6 is 0 Å². The first kappa shape index (κ1) is 17.6. The van der Waals surface area contributed by atoms with Gasteiger partial charge in [-0.25, -0.2) is 4.98 Å². The van der Waals surface area contributed by atoms with Crippen LogP contribution in [-0.4, -0.2) is 25.1 Å². The molecule has 2 atom stereocenters. The number of terminal acetylenes is 1. The second kappa shape index (κ2) is 7.36. The molecule has 2 aromatic rings. The van der Waals surface area contributed by atoms with Gasteiger partial charge in [0.15, 0.2) is 17.0 Å².